The van der Waals surface area contributed by atoms with E-state index in [1.807, 2.05) is 25.7 Å². The molecule has 3 aromatic heterocycles. The van der Waals surface area contributed by atoms with Crippen molar-refractivity contribution < 1.29 is 18.7 Å². The van der Waals surface area contributed by atoms with Crippen molar-refractivity contribution in [2.24, 2.45) is 0 Å². The van der Waals surface area contributed by atoms with Crippen LogP contribution in [-0.4, -0.2) is 50.7 Å². The molecule has 1 aliphatic rings. The van der Waals surface area contributed by atoms with E-state index in [4.69, 9.17) is 9.15 Å². The van der Waals surface area contributed by atoms with Crippen molar-refractivity contribution in [2.45, 2.75) is 65.0 Å². The summed E-state index contributed by atoms with van der Waals surface area (Å²) in [5.41, 5.74) is 1.41. The highest BCUT2D eigenvalue weighted by atomic mass is 16.5. The van der Waals surface area contributed by atoms with Crippen molar-refractivity contribution in [3.05, 3.63) is 36.2 Å². The molecule has 3 heterocycles. The van der Waals surface area contributed by atoms with E-state index >= 15 is 0 Å². The molecule has 4 rings (SSSR count). The Kier molecular flexibility index (Phi) is 6.58. The molecule has 8 nitrogen and oxygen atoms in total. The zero-order valence-electron chi connectivity index (χ0n) is 18.9. The van der Waals surface area contributed by atoms with E-state index < -0.39 is 5.97 Å². The van der Waals surface area contributed by atoms with Crippen LogP contribution in [0.15, 0.2) is 35.1 Å². The second-order valence-corrected chi connectivity index (χ2v) is 8.50. The number of likely N-dealkylation sites (N-methyl/N-ethyl adjacent to an activating group) is 1. The molecule has 0 N–H and O–H groups in total. The molecule has 1 amide bonds. The lowest BCUT2D eigenvalue weighted by Crippen LogP contribution is -2.43. The number of aromatic nitrogens is 3. The maximum atomic E-state index is 13.1. The van der Waals surface area contributed by atoms with Crippen LogP contribution in [0.3, 0.4) is 0 Å². The monoisotopic (exact) mass is 438 g/mol. The zero-order chi connectivity index (χ0) is 22.7. The van der Waals surface area contributed by atoms with Crippen LogP contribution in [0.2, 0.25) is 0 Å². The van der Waals surface area contributed by atoms with Gasteiger partial charge in [0.25, 0.3) is 5.91 Å². The maximum Gasteiger partial charge on any atom is 0.339 e. The number of pyridine rings is 1. The molecule has 0 spiro atoms. The molecule has 3 aromatic rings. The topological polar surface area (TPSA) is 90.5 Å². The first kappa shape index (κ1) is 22.0. The van der Waals surface area contributed by atoms with E-state index in [2.05, 4.69) is 10.1 Å². The predicted octanol–water partition coefficient (Wildman–Crippen LogP) is 4.61. The fourth-order valence-electron chi connectivity index (χ4n) is 4.43. The highest BCUT2D eigenvalue weighted by molar-refractivity contribution is 6.04. The molecule has 0 aliphatic heterocycles. The average Bonchev–Trinajstić information content (AvgIpc) is 3.48. The van der Waals surface area contributed by atoms with Gasteiger partial charge >= 0.3 is 5.97 Å². The smallest absolute Gasteiger partial charge is 0.339 e. The van der Waals surface area contributed by atoms with E-state index in [1.54, 1.807) is 35.3 Å². The van der Waals surface area contributed by atoms with Gasteiger partial charge in [-0.3, -0.25) is 4.79 Å². The highest BCUT2D eigenvalue weighted by Crippen LogP contribution is 2.27. The summed E-state index contributed by atoms with van der Waals surface area (Å²) in [4.78, 5) is 32.4. The van der Waals surface area contributed by atoms with Gasteiger partial charge in [-0.05, 0) is 51.8 Å². The van der Waals surface area contributed by atoms with Crippen LogP contribution in [0.25, 0.3) is 22.5 Å². The van der Waals surface area contributed by atoms with Gasteiger partial charge in [0.15, 0.2) is 18.0 Å². The molecule has 0 atom stereocenters. The Hall–Kier alpha value is -3.16. The lowest BCUT2D eigenvalue weighted by Gasteiger charge is -2.33. The van der Waals surface area contributed by atoms with Crippen molar-refractivity contribution in [2.75, 3.05) is 13.2 Å². The van der Waals surface area contributed by atoms with E-state index in [0.29, 0.717) is 34.6 Å². The Morgan fingerprint density at radius 3 is 2.72 bits per heavy atom. The van der Waals surface area contributed by atoms with Gasteiger partial charge in [-0.25, -0.2) is 14.5 Å². The van der Waals surface area contributed by atoms with Crippen LogP contribution in [-0.2, 0) is 9.53 Å². The van der Waals surface area contributed by atoms with Gasteiger partial charge in [0.2, 0.25) is 0 Å². The maximum absolute atomic E-state index is 13.1. The third-order valence-electron chi connectivity index (χ3n) is 6.05. The fraction of sp³-hybridized carbons (Fsp3) is 0.500. The lowest BCUT2D eigenvalue weighted by atomic mass is 9.94. The molecular formula is C24H30N4O4. The van der Waals surface area contributed by atoms with Gasteiger partial charge in [-0.1, -0.05) is 19.3 Å². The first-order valence-corrected chi connectivity index (χ1v) is 11.4. The second-order valence-electron chi connectivity index (χ2n) is 8.50. The molecule has 170 valence electrons. The number of amides is 1. The van der Waals surface area contributed by atoms with Gasteiger partial charge < -0.3 is 14.1 Å². The summed E-state index contributed by atoms with van der Waals surface area (Å²) in [5.74, 6) is -0.174. The van der Waals surface area contributed by atoms with Gasteiger partial charge in [0.1, 0.15) is 5.69 Å². The molecule has 0 saturated heterocycles. The summed E-state index contributed by atoms with van der Waals surface area (Å²) in [6.45, 7) is 6.30. The van der Waals surface area contributed by atoms with Crippen LogP contribution >= 0.6 is 0 Å². The highest BCUT2D eigenvalue weighted by Gasteiger charge is 2.26. The molecule has 1 fully saturated rings. The average molecular weight is 439 g/mol. The summed E-state index contributed by atoms with van der Waals surface area (Å²) in [6.07, 6.45) is 8.70. The fourth-order valence-corrected chi connectivity index (χ4v) is 4.43. The number of hydrogen-bond donors (Lipinski definition) is 0. The molecular weight excluding hydrogens is 408 g/mol. The van der Waals surface area contributed by atoms with Gasteiger partial charge in [-0.2, -0.15) is 5.10 Å². The van der Waals surface area contributed by atoms with Crippen LogP contribution < -0.4 is 0 Å². The number of furan rings is 1. The quantitative estimate of drug-likeness (QED) is 0.500. The SMILES string of the molecule is CCN(C(=O)COC(=O)c1cc(-c2ccco2)nc2c1cnn2C(C)C)C1CCCCC1. The number of nitrogens with zero attached hydrogens (tertiary/aromatic N) is 4. The van der Waals surface area contributed by atoms with Gasteiger partial charge in [0, 0.05) is 18.6 Å². The van der Waals surface area contributed by atoms with E-state index in [1.165, 1.54) is 6.42 Å². The van der Waals surface area contributed by atoms with Crippen LogP contribution in [0.1, 0.15) is 69.3 Å². The number of carbonyl (C=O) groups excluding carboxylic acids is 2. The molecule has 8 heteroatoms. The Morgan fingerprint density at radius 1 is 1.28 bits per heavy atom. The van der Waals surface area contributed by atoms with Crippen LogP contribution in [0.5, 0.6) is 0 Å². The summed E-state index contributed by atoms with van der Waals surface area (Å²) in [5, 5.41) is 4.99. The number of ether oxygens (including phenoxy) is 1. The molecule has 1 aliphatic carbocycles. The number of esters is 1. The first-order chi connectivity index (χ1) is 15.5. The third-order valence-corrected chi connectivity index (χ3v) is 6.05. The standard InChI is InChI=1S/C24H30N4O4/c1-4-27(17-9-6-5-7-10-17)22(29)15-32-24(30)18-13-20(21-11-8-12-31-21)26-23-19(18)14-25-28(23)16(2)3/h8,11-14,16-17H,4-7,9-10,15H2,1-3H3. The summed E-state index contributed by atoms with van der Waals surface area (Å²) >= 11 is 0. The summed E-state index contributed by atoms with van der Waals surface area (Å²) in [6, 6.07) is 5.49. The summed E-state index contributed by atoms with van der Waals surface area (Å²) < 4.78 is 12.7. The molecule has 1 saturated carbocycles. The number of rotatable bonds is 7. The van der Waals surface area contributed by atoms with Crippen LogP contribution in [0, 0.1) is 0 Å². The predicted molar refractivity (Wildman–Crippen MR) is 120 cm³/mol. The minimum atomic E-state index is -0.568. The minimum Gasteiger partial charge on any atom is -0.463 e. The van der Waals surface area contributed by atoms with E-state index in [-0.39, 0.29) is 24.6 Å². The summed E-state index contributed by atoms with van der Waals surface area (Å²) in [7, 11) is 0. The van der Waals surface area contributed by atoms with Gasteiger partial charge in [0.05, 0.1) is 23.4 Å². The van der Waals surface area contributed by atoms with E-state index in [0.717, 1.165) is 25.7 Å². The molecule has 0 unspecified atom stereocenters. The Balaban J connectivity index is 1.58. The Morgan fingerprint density at radius 2 is 2.06 bits per heavy atom. The Labute approximate surface area is 187 Å². The lowest BCUT2D eigenvalue weighted by molar-refractivity contribution is -0.137. The Bertz CT molecular complexity index is 1080. The van der Waals surface area contributed by atoms with Gasteiger partial charge in [-0.15, -0.1) is 0 Å². The van der Waals surface area contributed by atoms with Crippen molar-refractivity contribution >= 4 is 22.9 Å². The molecule has 0 radical (unpaired) electrons. The minimum absolute atomic E-state index is 0.0610. The van der Waals surface area contributed by atoms with Crippen molar-refractivity contribution in [3.8, 4) is 11.5 Å². The molecule has 0 bridgehead atoms. The van der Waals surface area contributed by atoms with Crippen molar-refractivity contribution in [1.82, 2.24) is 19.7 Å². The third kappa shape index (κ3) is 4.40. The zero-order valence-corrected chi connectivity index (χ0v) is 18.9. The second kappa shape index (κ2) is 9.54. The van der Waals surface area contributed by atoms with Crippen molar-refractivity contribution in [1.29, 1.82) is 0 Å². The first-order valence-electron chi connectivity index (χ1n) is 11.4. The number of carbonyl (C=O) groups is 2. The number of fused-ring (bicyclic) bond motifs is 1. The number of hydrogen-bond acceptors (Lipinski definition) is 6. The van der Waals surface area contributed by atoms with Crippen LogP contribution in [0.4, 0.5) is 0 Å². The molecule has 32 heavy (non-hydrogen) atoms. The van der Waals surface area contributed by atoms with Crippen molar-refractivity contribution in [3.63, 3.8) is 0 Å². The normalized spacial score (nSPS) is 14.8. The van der Waals surface area contributed by atoms with E-state index in [9.17, 15) is 9.59 Å². The molecule has 0 aromatic carbocycles. The largest absolute Gasteiger partial charge is 0.463 e.